The standard InChI is InChI=1S/C58H111NO5/c1-3-5-7-9-11-13-15-17-19-21-23-25-27-28-30-32-34-36-38-40-42-44-46-48-50-52-56(62)58(64)59-54(53-60)57(63)55(61)51-49-47-45-43-41-39-37-35-33-31-29-26-24-22-20-18-16-14-12-10-8-6-4-2/h28,30,35,37,43,45,54-57,60-63H,3-27,29,31-34,36,38-42,44,46-53H2,1-2H3,(H,59,64)/b30-28-,37-35+,45-43+. The smallest absolute Gasteiger partial charge is 0.249 e. The Morgan fingerprint density at radius 1 is 0.375 bits per heavy atom. The van der Waals surface area contributed by atoms with Crippen molar-refractivity contribution in [1.82, 2.24) is 5.32 Å². The Labute approximate surface area is 398 Å². The summed E-state index contributed by atoms with van der Waals surface area (Å²) in [5.41, 5.74) is 0. The van der Waals surface area contributed by atoms with Gasteiger partial charge >= 0.3 is 0 Å². The molecule has 378 valence electrons. The number of unbranched alkanes of at least 4 members (excludes halogenated alkanes) is 37. The zero-order valence-corrected chi connectivity index (χ0v) is 42.8. The number of amides is 1. The Bertz CT molecular complexity index is 1010. The maximum absolute atomic E-state index is 12.6. The van der Waals surface area contributed by atoms with Gasteiger partial charge in [0.1, 0.15) is 12.2 Å². The van der Waals surface area contributed by atoms with Gasteiger partial charge in [-0.1, -0.05) is 256 Å². The van der Waals surface area contributed by atoms with Gasteiger partial charge in [0.05, 0.1) is 18.8 Å². The molecular weight excluding hydrogens is 791 g/mol. The van der Waals surface area contributed by atoms with Crippen LogP contribution in [-0.2, 0) is 4.79 Å². The molecule has 64 heavy (non-hydrogen) atoms. The predicted molar refractivity (Wildman–Crippen MR) is 279 cm³/mol. The van der Waals surface area contributed by atoms with Crippen LogP contribution in [0.15, 0.2) is 36.5 Å². The predicted octanol–water partition coefficient (Wildman–Crippen LogP) is 16.4. The summed E-state index contributed by atoms with van der Waals surface area (Å²) in [5, 5.41) is 44.0. The van der Waals surface area contributed by atoms with E-state index in [0.717, 1.165) is 38.5 Å². The van der Waals surface area contributed by atoms with Crippen LogP contribution in [0, 0.1) is 0 Å². The molecule has 6 nitrogen and oxygen atoms in total. The lowest BCUT2D eigenvalue weighted by molar-refractivity contribution is -0.132. The molecule has 4 atom stereocenters. The third kappa shape index (κ3) is 45.7. The number of allylic oxidation sites excluding steroid dienone is 6. The number of hydrogen-bond donors (Lipinski definition) is 5. The number of aliphatic hydroxyl groups is 4. The minimum absolute atomic E-state index is 0.358. The molecule has 0 spiro atoms. The summed E-state index contributed by atoms with van der Waals surface area (Å²) < 4.78 is 0. The molecule has 0 heterocycles. The molecular formula is C58H111NO5. The van der Waals surface area contributed by atoms with E-state index in [2.05, 4.69) is 55.6 Å². The van der Waals surface area contributed by atoms with E-state index >= 15 is 0 Å². The molecule has 4 unspecified atom stereocenters. The molecule has 0 saturated carbocycles. The van der Waals surface area contributed by atoms with Crippen LogP contribution < -0.4 is 5.32 Å². The van der Waals surface area contributed by atoms with Crippen molar-refractivity contribution in [2.75, 3.05) is 6.61 Å². The molecule has 0 fully saturated rings. The van der Waals surface area contributed by atoms with Crippen LogP contribution in [0.5, 0.6) is 0 Å². The summed E-state index contributed by atoms with van der Waals surface area (Å²) in [7, 11) is 0. The average Bonchev–Trinajstić information content (AvgIpc) is 3.30. The molecule has 0 aliphatic rings. The zero-order valence-electron chi connectivity index (χ0n) is 42.8. The summed E-state index contributed by atoms with van der Waals surface area (Å²) >= 11 is 0. The number of rotatable bonds is 52. The second-order valence-corrected chi connectivity index (χ2v) is 19.6. The summed E-state index contributed by atoms with van der Waals surface area (Å²) in [6, 6.07) is -1.01. The van der Waals surface area contributed by atoms with Crippen LogP contribution >= 0.6 is 0 Å². The van der Waals surface area contributed by atoms with Crippen molar-refractivity contribution >= 4 is 5.91 Å². The number of carbonyl (C=O) groups is 1. The minimum Gasteiger partial charge on any atom is -0.394 e. The van der Waals surface area contributed by atoms with Gasteiger partial charge in [-0.2, -0.15) is 0 Å². The molecule has 5 N–H and O–H groups in total. The van der Waals surface area contributed by atoms with Gasteiger partial charge in [0.25, 0.3) is 0 Å². The van der Waals surface area contributed by atoms with Gasteiger partial charge in [-0.15, -0.1) is 0 Å². The summed E-state index contributed by atoms with van der Waals surface area (Å²) in [6.45, 7) is 4.07. The highest BCUT2D eigenvalue weighted by Gasteiger charge is 2.28. The lowest BCUT2D eigenvalue weighted by atomic mass is 10.00. The Hall–Kier alpha value is -1.47. The quantitative estimate of drug-likeness (QED) is 0.0309. The highest BCUT2D eigenvalue weighted by molar-refractivity contribution is 5.80. The fraction of sp³-hybridized carbons (Fsp3) is 0.879. The van der Waals surface area contributed by atoms with Crippen molar-refractivity contribution in [3.05, 3.63) is 36.5 Å². The zero-order chi connectivity index (χ0) is 46.7. The monoisotopic (exact) mass is 902 g/mol. The second-order valence-electron chi connectivity index (χ2n) is 19.6. The topological polar surface area (TPSA) is 110 Å². The van der Waals surface area contributed by atoms with Crippen molar-refractivity contribution in [3.8, 4) is 0 Å². The van der Waals surface area contributed by atoms with E-state index in [1.165, 1.54) is 225 Å². The van der Waals surface area contributed by atoms with E-state index < -0.39 is 36.9 Å². The van der Waals surface area contributed by atoms with Crippen LogP contribution in [0.3, 0.4) is 0 Å². The van der Waals surface area contributed by atoms with Crippen LogP contribution in [0.4, 0.5) is 0 Å². The normalized spacial score (nSPS) is 14.0. The molecule has 0 rings (SSSR count). The first-order chi connectivity index (χ1) is 31.5. The minimum atomic E-state index is -1.29. The van der Waals surface area contributed by atoms with Gasteiger partial charge in [-0.05, 0) is 77.0 Å². The average molecular weight is 903 g/mol. The van der Waals surface area contributed by atoms with E-state index in [1.807, 2.05) is 0 Å². The van der Waals surface area contributed by atoms with Gasteiger partial charge in [-0.25, -0.2) is 0 Å². The van der Waals surface area contributed by atoms with Gasteiger partial charge in [-0.3, -0.25) is 4.79 Å². The lowest BCUT2D eigenvalue weighted by Crippen LogP contribution is -2.53. The second kappa shape index (κ2) is 52.5. The van der Waals surface area contributed by atoms with Crippen molar-refractivity contribution in [1.29, 1.82) is 0 Å². The maximum atomic E-state index is 12.6. The first-order valence-corrected chi connectivity index (χ1v) is 28.4. The van der Waals surface area contributed by atoms with E-state index in [9.17, 15) is 25.2 Å². The summed E-state index contributed by atoms with van der Waals surface area (Å²) in [6.07, 6.45) is 65.0. The van der Waals surface area contributed by atoms with Crippen LogP contribution in [0.2, 0.25) is 0 Å². The molecule has 6 heteroatoms. The molecule has 0 saturated heterocycles. The van der Waals surface area contributed by atoms with Crippen LogP contribution in [0.25, 0.3) is 0 Å². The number of aliphatic hydroxyl groups excluding tert-OH is 4. The molecule has 0 aliphatic carbocycles. The SMILES string of the molecule is CCCCCCCCCCCCCC/C=C\CCCCCCCCCCCC(O)C(=O)NC(CO)C(O)C(O)CCC/C=C/CC/C=C/CCCCCCCCCCCCCCCC. The fourth-order valence-corrected chi connectivity index (χ4v) is 8.83. The van der Waals surface area contributed by atoms with Crippen molar-refractivity contribution < 1.29 is 25.2 Å². The van der Waals surface area contributed by atoms with Crippen molar-refractivity contribution in [2.45, 2.75) is 321 Å². The maximum Gasteiger partial charge on any atom is 0.249 e. The highest BCUT2D eigenvalue weighted by Crippen LogP contribution is 2.17. The van der Waals surface area contributed by atoms with E-state index in [4.69, 9.17) is 0 Å². The van der Waals surface area contributed by atoms with Crippen molar-refractivity contribution in [3.63, 3.8) is 0 Å². The van der Waals surface area contributed by atoms with Gasteiger partial charge in [0.2, 0.25) is 5.91 Å². The Morgan fingerprint density at radius 2 is 0.656 bits per heavy atom. The van der Waals surface area contributed by atoms with Gasteiger partial charge in [0, 0.05) is 0 Å². The Morgan fingerprint density at radius 3 is 0.984 bits per heavy atom. The summed E-state index contributed by atoms with van der Waals surface area (Å²) in [4.78, 5) is 12.6. The molecule has 0 aromatic heterocycles. The molecule has 0 aliphatic heterocycles. The lowest BCUT2D eigenvalue weighted by Gasteiger charge is -2.27. The Balaban J connectivity index is 3.69. The third-order valence-corrected chi connectivity index (χ3v) is 13.3. The number of hydrogen-bond acceptors (Lipinski definition) is 5. The molecule has 0 bridgehead atoms. The van der Waals surface area contributed by atoms with Gasteiger partial charge < -0.3 is 25.7 Å². The Kier molecular flexibility index (Phi) is 51.3. The molecule has 0 radical (unpaired) electrons. The highest BCUT2D eigenvalue weighted by atomic mass is 16.3. The molecule has 1 amide bonds. The van der Waals surface area contributed by atoms with Crippen LogP contribution in [0.1, 0.15) is 296 Å². The van der Waals surface area contributed by atoms with Gasteiger partial charge in [0.15, 0.2) is 0 Å². The fourth-order valence-electron chi connectivity index (χ4n) is 8.83. The van der Waals surface area contributed by atoms with E-state index in [0.29, 0.717) is 19.3 Å². The van der Waals surface area contributed by atoms with Crippen molar-refractivity contribution in [2.24, 2.45) is 0 Å². The van der Waals surface area contributed by atoms with Crippen LogP contribution in [-0.4, -0.2) is 57.3 Å². The number of carbonyl (C=O) groups excluding carboxylic acids is 1. The molecule has 0 aromatic carbocycles. The summed E-state index contributed by atoms with van der Waals surface area (Å²) in [5.74, 6) is -0.596. The molecule has 0 aromatic rings. The first kappa shape index (κ1) is 62.5. The van der Waals surface area contributed by atoms with E-state index in [-0.39, 0.29) is 0 Å². The van der Waals surface area contributed by atoms with E-state index in [1.54, 1.807) is 0 Å². The number of nitrogens with one attached hydrogen (secondary N) is 1. The third-order valence-electron chi connectivity index (χ3n) is 13.3. The first-order valence-electron chi connectivity index (χ1n) is 28.4. The largest absolute Gasteiger partial charge is 0.394 e.